The monoisotopic (exact) mass is 130 g/mol. The summed E-state index contributed by atoms with van der Waals surface area (Å²) in [5.41, 5.74) is 0. The van der Waals surface area contributed by atoms with Crippen LogP contribution in [0.2, 0.25) is 0 Å². The van der Waals surface area contributed by atoms with Gasteiger partial charge >= 0.3 is 0 Å². The molecule has 0 amide bonds. The Hall–Kier alpha value is -0.580. The fourth-order valence-corrected chi connectivity index (χ4v) is 0.813. The Kier molecular flexibility index (Phi) is 1.48. The van der Waals surface area contributed by atoms with Crippen molar-refractivity contribution in [2.75, 3.05) is 6.26 Å². The van der Waals surface area contributed by atoms with Gasteiger partial charge in [0.05, 0.1) is 0 Å². The summed E-state index contributed by atoms with van der Waals surface area (Å²) < 4.78 is 1.63. The summed E-state index contributed by atoms with van der Waals surface area (Å²) in [4.78, 5) is 0. The van der Waals surface area contributed by atoms with Crippen molar-refractivity contribution < 1.29 is 0 Å². The summed E-state index contributed by atoms with van der Waals surface area (Å²) >= 11 is 1.53. The third-order valence-electron chi connectivity index (χ3n) is 0.764. The number of nitrogens with zero attached hydrogens (tertiary/aromatic N) is 4. The van der Waals surface area contributed by atoms with E-state index in [4.69, 9.17) is 0 Å². The molecule has 0 aliphatic heterocycles. The number of thioether (sulfide) groups is 1. The number of hydrogen-bond acceptors (Lipinski definition) is 4. The molecule has 8 heavy (non-hydrogen) atoms. The molecule has 0 atom stereocenters. The molecule has 0 radical (unpaired) electrons. The van der Waals surface area contributed by atoms with Crippen molar-refractivity contribution in [1.29, 1.82) is 0 Å². The third kappa shape index (κ3) is 0.812. The zero-order chi connectivity index (χ0) is 5.98. The molecule has 0 aromatic carbocycles. The lowest BCUT2D eigenvalue weighted by molar-refractivity contribution is 0.665. The van der Waals surface area contributed by atoms with Gasteiger partial charge in [-0.15, -0.1) is 5.10 Å². The molecular formula is C3H6N4S. The van der Waals surface area contributed by atoms with Gasteiger partial charge in [-0.1, -0.05) is 11.8 Å². The van der Waals surface area contributed by atoms with Gasteiger partial charge in [-0.25, -0.2) is 4.68 Å². The maximum atomic E-state index is 3.70. The minimum atomic E-state index is 0.838. The van der Waals surface area contributed by atoms with Gasteiger partial charge in [0.1, 0.15) is 0 Å². The predicted molar refractivity (Wildman–Crippen MR) is 30.6 cm³/mol. The highest BCUT2D eigenvalue weighted by molar-refractivity contribution is 7.98. The molecule has 1 aromatic heterocycles. The van der Waals surface area contributed by atoms with Crippen molar-refractivity contribution >= 4 is 11.8 Å². The molecule has 0 fully saturated rings. The van der Waals surface area contributed by atoms with Crippen LogP contribution in [0.15, 0.2) is 5.16 Å². The van der Waals surface area contributed by atoms with E-state index in [1.165, 1.54) is 11.8 Å². The summed E-state index contributed by atoms with van der Waals surface area (Å²) in [6.07, 6.45) is 1.94. The fraction of sp³-hybridized carbons (Fsp3) is 0.667. The standard InChI is InChI=1S/C3H6N4S/c1-7-3(8-2)4-5-6-7/h1-2H3. The van der Waals surface area contributed by atoms with Crippen molar-refractivity contribution in [3.63, 3.8) is 0 Å². The Morgan fingerprint density at radius 1 is 1.62 bits per heavy atom. The van der Waals surface area contributed by atoms with Gasteiger partial charge in [0, 0.05) is 7.05 Å². The second kappa shape index (κ2) is 2.13. The van der Waals surface area contributed by atoms with E-state index in [0.29, 0.717) is 0 Å². The van der Waals surface area contributed by atoms with Crippen LogP contribution in [0.3, 0.4) is 0 Å². The van der Waals surface area contributed by atoms with Gasteiger partial charge in [0.25, 0.3) is 0 Å². The number of aryl methyl sites for hydroxylation is 1. The quantitative estimate of drug-likeness (QED) is 0.499. The summed E-state index contributed by atoms with van der Waals surface area (Å²) in [5.74, 6) is 0. The van der Waals surface area contributed by atoms with E-state index in [-0.39, 0.29) is 0 Å². The van der Waals surface area contributed by atoms with Gasteiger partial charge in [-0.3, -0.25) is 0 Å². The van der Waals surface area contributed by atoms with Crippen LogP contribution in [0.1, 0.15) is 0 Å². The number of rotatable bonds is 1. The molecule has 0 saturated heterocycles. The van der Waals surface area contributed by atoms with Gasteiger partial charge in [-0.2, -0.15) is 0 Å². The topological polar surface area (TPSA) is 43.6 Å². The van der Waals surface area contributed by atoms with Crippen molar-refractivity contribution in [3.05, 3.63) is 0 Å². The van der Waals surface area contributed by atoms with Crippen molar-refractivity contribution in [1.82, 2.24) is 20.2 Å². The molecule has 1 aromatic rings. The fourth-order valence-electron chi connectivity index (χ4n) is 0.394. The van der Waals surface area contributed by atoms with E-state index in [9.17, 15) is 0 Å². The summed E-state index contributed by atoms with van der Waals surface area (Å²) in [5, 5.41) is 11.6. The van der Waals surface area contributed by atoms with E-state index in [2.05, 4.69) is 15.5 Å². The Morgan fingerprint density at radius 3 is 2.62 bits per heavy atom. The molecule has 0 aliphatic carbocycles. The Bertz CT molecular complexity index is 172. The average molecular weight is 130 g/mol. The maximum Gasteiger partial charge on any atom is 0.208 e. The van der Waals surface area contributed by atoms with Gasteiger partial charge in [-0.05, 0) is 16.7 Å². The van der Waals surface area contributed by atoms with Crippen LogP contribution >= 0.6 is 11.8 Å². The van der Waals surface area contributed by atoms with Crippen molar-refractivity contribution in [2.45, 2.75) is 5.16 Å². The zero-order valence-electron chi connectivity index (χ0n) is 4.70. The largest absolute Gasteiger partial charge is 0.224 e. The van der Waals surface area contributed by atoms with E-state index >= 15 is 0 Å². The predicted octanol–water partition coefficient (Wildman–Crippen LogP) is -0.0680. The summed E-state index contributed by atoms with van der Waals surface area (Å²) in [7, 11) is 1.81. The average Bonchev–Trinajstić information content (AvgIpc) is 2.14. The first kappa shape index (κ1) is 5.55. The molecular weight excluding hydrogens is 124 g/mol. The number of aromatic nitrogens is 4. The van der Waals surface area contributed by atoms with Crippen LogP contribution in [0.25, 0.3) is 0 Å². The molecule has 4 nitrogen and oxygen atoms in total. The lowest BCUT2D eigenvalue weighted by atomic mass is 11.2. The lowest BCUT2D eigenvalue weighted by Crippen LogP contribution is -1.91. The Morgan fingerprint density at radius 2 is 2.38 bits per heavy atom. The summed E-state index contributed by atoms with van der Waals surface area (Å²) in [6, 6.07) is 0. The molecule has 0 aliphatic rings. The van der Waals surface area contributed by atoms with Crippen LogP contribution in [0.4, 0.5) is 0 Å². The molecule has 0 unspecified atom stereocenters. The van der Waals surface area contributed by atoms with Crippen LogP contribution in [0.5, 0.6) is 0 Å². The van der Waals surface area contributed by atoms with Gasteiger partial charge in [0.15, 0.2) is 0 Å². The maximum absolute atomic E-state index is 3.70. The highest BCUT2D eigenvalue weighted by atomic mass is 32.2. The Labute approximate surface area is 51.3 Å². The molecule has 1 heterocycles. The van der Waals surface area contributed by atoms with Gasteiger partial charge < -0.3 is 0 Å². The van der Waals surface area contributed by atoms with Crippen LogP contribution in [-0.4, -0.2) is 26.5 Å². The number of tetrazole rings is 1. The Balaban J connectivity index is 2.92. The minimum Gasteiger partial charge on any atom is -0.224 e. The van der Waals surface area contributed by atoms with Gasteiger partial charge in [0.2, 0.25) is 5.16 Å². The molecule has 5 heteroatoms. The van der Waals surface area contributed by atoms with E-state index in [1.807, 2.05) is 13.3 Å². The van der Waals surface area contributed by atoms with Crippen molar-refractivity contribution in [2.24, 2.45) is 7.05 Å². The first-order chi connectivity index (χ1) is 3.84. The SMILES string of the molecule is CSc1nnnn1C. The molecule has 1 rings (SSSR count). The lowest BCUT2D eigenvalue weighted by Gasteiger charge is -1.86. The minimum absolute atomic E-state index is 0.838. The van der Waals surface area contributed by atoms with Crippen LogP contribution < -0.4 is 0 Å². The van der Waals surface area contributed by atoms with Crippen LogP contribution in [-0.2, 0) is 7.05 Å². The highest BCUT2D eigenvalue weighted by Gasteiger charge is 1.95. The van der Waals surface area contributed by atoms with E-state index in [1.54, 1.807) is 4.68 Å². The molecule has 44 valence electrons. The second-order valence-corrected chi connectivity index (χ2v) is 2.06. The zero-order valence-corrected chi connectivity index (χ0v) is 5.51. The first-order valence-corrected chi connectivity index (χ1v) is 3.33. The summed E-state index contributed by atoms with van der Waals surface area (Å²) in [6.45, 7) is 0. The number of hydrogen-bond donors (Lipinski definition) is 0. The van der Waals surface area contributed by atoms with Crippen LogP contribution in [0, 0.1) is 0 Å². The highest BCUT2D eigenvalue weighted by Crippen LogP contribution is 2.04. The van der Waals surface area contributed by atoms with E-state index in [0.717, 1.165) is 5.16 Å². The molecule has 0 spiro atoms. The van der Waals surface area contributed by atoms with E-state index < -0.39 is 0 Å². The molecule has 0 bridgehead atoms. The van der Waals surface area contributed by atoms with Crippen molar-refractivity contribution in [3.8, 4) is 0 Å². The smallest absolute Gasteiger partial charge is 0.208 e. The normalized spacial score (nSPS) is 9.75. The molecule has 0 saturated carbocycles. The molecule has 0 N–H and O–H groups in total. The first-order valence-electron chi connectivity index (χ1n) is 2.11. The third-order valence-corrected chi connectivity index (χ3v) is 1.47. The second-order valence-electron chi connectivity index (χ2n) is 1.29.